The molecule has 1 amide bonds. The number of carbonyl (C=O) groups excluding carboxylic acids is 1. The van der Waals surface area contributed by atoms with Gasteiger partial charge in [-0.15, -0.1) is 35.3 Å². The van der Waals surface area contributed by atoms with Gasteiger partial charge >= 0.3 is 0 Å². The number of aliphatic imine (C=N–C) groups is 1. The lowest BCUT2D eigenvalue weighted by molar-refractivity contribution is -0.122. The lowest BCUT2D eigenvalue weighted by Crippen LogP contribution is -2.36. The number of guanidine groups is 1. The molecule has 0 aliphatic heterocycles. The summed E-state index contributed by atoms with van der Waals surface area (Å²) in [5.74, 6) is 1.05. The SMILES string of the molecule is CN=C(NCc1cccc(NC(=O)C2CCC2)c1)NCc1ncc(C)s1.I. The molecule has 0 bridgehead atoms. The van der Waals surface area contributed by atoms with Crippen LogP contribution in [0.1, 0.15) is 34.7 Å². The molecule has 1 aromatic carbocycles. The van der Waals surface area contributed by atoms with Crippen LogP contribution in [0.15, 0.2) is 35.5 Å². The van der Waals surface area contributed by atoms with E-state index >= 15 is 0 Å². The highest BCUT2D eigenvalue weighted by Crippen LogP contribution is 2.27. The third-order valence-electron chi connectivity index (χ3n) is 4.43. The number of hydrogen-bond acceptors (Lipinski definition) is 4. The zero-order chi connectivity index (χ0) is 18.4. The maximum atomic E-state index is 12.1. The first-order valence-electron chi connectivity index (χ1n) is 8.89. The van der Waals surface area contributed by atoms with E-state index in [2.05, 4.69) is 25.9 Å². The van der Waals surface area contributed by atoms with Gasteiger partial charge in [0.1, 0.15) is 5.01 Å². The minimum absolute atomic E-state index is 0. The van der Waals surface area contributed by atoms with E-state index in [0.717, 1.165) is 41.5 Å². The highest BCUT2D eigenvalue weighted by Gasteiger charge is 2.25. The Morgan fingerprint density at radius 2 is 2.07 bits per heavy atom. The van der Waals surface area contributed by atoms with Gasteiger partial charge in [-0.1, -0.05) is 18.6 Å². The van der Waals surface area contributed by atoms with Gasteiger partial charge in [-0.05, 0) is 37.5 Å². The van der Waals surface area contributed by atoms with Crippen molar-refractivity contribution in [2.75, 3.05) is 12.4 Å². The predicted molar refractivity (Wildman–Crippen MR) is 122 cm³/mol. The monoisotopic (exact) mass is 499 g/mol. The molecular formula is C19H26IN5OS. The summed E-state index contributed by atoms with van der Waals surface area (Å²) >= 11 is 1.67. The quantitative estimate of drug-likeness (QED) is 0.322. The number of amides is 1. The maximum absolute atomic E-state index is 12.1. The van der Waals surface area contributed by atoms with Crippen molar-refractivity contribution in [1.82, 2.24) is 15.6 Å². The number of halogens is 1. The third-order valence-corrected chi connectivity index (χ3v) is 5.34. The molecule has 0 radical (unpaired) electrons. The summed E-state index contributed by atoms with van der Waals surface area (Å²) in [5.41, 5.74) is 1.94. The van der Waals surface area contributed by atoms with Gasteiger partial charge in [0.15, 0.2) is 5.96 Å². The van der Waals surface area contributed by atoms with Crippen LogP contribution in [0.4, 0.5) is 5.69 Å². The smallest absolute Gasteiger partial charge is 0.227 e. The van der Waals surface area contributed by atoms with Crippen LogP contribution in [0, 0.1) is 12.8 Å². The van der Waals surface area contributed by atoms with E-state index < -0.39 is 0 Å². The van der Waals surface area contributed by atoms with Crippen molar-refractivity contribution in [2.45, 2.75) is 39.3 Å². The molecule has 0 saturated heterocycles. The summed E-state index contributed by atoms with van der Waals surface area (Å²) in [7, 11) is 1.75. The number of hydrogen-bond donors (Lipinski definition) is 3. The van der Waals surface area contributed by atoms with Gasteiger partial charge in [0.25, 0.3) is 0 Å². The molecule has 8 heteroatoms. The van der Waals surface area contributed by atoms with Crippen LogP contribution < -0.4 is 16.0 Å². The van der Waals surface area contributed by atoms with Gasteiger partial charge < -0.3 is 16.0 Å². The number of aromatic nitrogens is 1. The molecule has 1 saturated carbocycles. The summed E-state index contributed by atoms with van der Waals surface area (Å²) in [5, 5.41) is 10.6. The Balaban J connectivity index is 0.00000261. The van der Waals surface area contributed by atoms with Gasteiger partial charge in [0.2, 0.25) is 5.91 Å². The number of nitrogens with one attached hydrogen (secondary N) is 3. The van der Waals surface area contributed by atoms with E-state index in [1.807, 2.05) is 37.4 Å². The second kappa shape index (κ2) is 10.6. The van der Waals surface area contributed by atoms with Crippen molar-refractivity contribution in [3.63, 3.8) is 0 Å². The van der Waals surface area contributed by atoms with E-state index in [9.17, 15) is 4.79 Å². The van der Waals surface area contributed by atoms with Gasteiger partial charge in [-0.2, -0.15) is 0 Å². The van der Waals surface area contributed by atoms with Gasteiger partial charge in [0.05, 0.1) is 6.54 Å². The Morgan fingerprint density at radius 1 is 1.30 bits per heavy atom. The number of thiazole rings is 1. The predicted octanol–water partition coefficient (Wildman–Crippen LogP) is 3.67. The van der Waals surface area contributed by atoms with Gasteiger partial charge in [-0.3, -0.25) is 9.79 Å². The van der Waals surface area contributed by atoms with Gasteiger partial charge in [-0.25, -0.2) is 4.98 Å². The van der Waals surface area contributed by atoms with Crippen molar-refractivity contribution >= 4 is 52.9 Å². The Labute approximate surface area is 181 Å². The Bertz CT molecular complexity index is 788. The summed E-state index contributed by atoms with van der Waals surface area (Å²) in [6, 6.07) is 7.92. The number of benzene rings is 1. The number of carbonyl (C=O) groups is 1. The first kappa shape index (κ1) is 21.6. The summed E-state index contributed by atoms with van der Waals surface area (Å²) in [6.07, 6.45) is 5.05. The molecule has 1 aliphatic rings. The fourth-order valence-electron chi connectivity index (χ4n) is 2.72. The molecule has 3 N–H and O–H groups in total. The first-order valence-corrected chi connectivity index (χ1v) is 9.71. The summed E-state index contributed by atoms with van der Waals surface area (Å²) < 4.78 is 0. The molecule has 1 aliphatic carbocycles. The van der Waals surface area contributed by atoms with Crippen molar-refractivity contribution in [3.05, 3.63) is 45.9 Å². The molecular weight excluding hydrogens is 473 g/mol. The van der Waals surface area contributed by atoms with Crippen molar-refractivity contribution in [1.29, 1.82) is 0 Å². The second-order valence-corrected chi connectivity index (χ2v) is 7.78. The average Bonchev–Trinajstić information content (AvgIpc) is 2.99. The van der Waals surface area contributed by atoms with E-state index in [1.54, 1.807) is 18.4 Å². The van der Waals surface area contributed by atoms with Gasteiger partial charge in [0, 0.05) is 36.3 Å². The van der Waals surface area contributed by atoms with Crippen LogP contribution in [-0.2, 0) is 17.9 Å². The van der Waals surface area contributed by atoms with E-state index in [-0.39, 0.29) is 35.8 Å². The summed E-state index contributed by atoms with van der Waals surface area (Å²) in [6.45, 7) is 3.32. The van der Waals surface area contributed by atoms with Crippen LogP contribution in [0.5, 0.6) is 0 Å². The molecule has 0 unspecified atom stereocenters. The summed E-state index contributed by atoms with van der Waals surface area (Å²) in [4.78, 5) is 21.9. The van der Waals surface area contributed by atoms with E-state index in [0.29, 0.717) is 13.1 Å². The lowest BCUT2D eigenvalue weighted by atomic mass is 9.85. The van der Waals surface area contributed by atoms with Crippen LogP contribution in [0.3, 0.4) is 0 Å². The largest absolute Gasteiger partial charge is 0.352 e. The molecule has 146 valence electrons. The zero-order valence-corrected chi connectivity index (χ0v) is 18.8. The standard InChI is InChI=1S/C19H25N5OS.HI/c1-13-10-21-17(26-13)12-23-19(20-2)22-11-14-5-3-8-16(9-14)24-18(25)15-6-4-7-15;/h3,5,8-10,15H,4,6-7,11-12H2,1-2H3,(H,24,25)(H2,20,22,23);1H. The average molecular weight is 499 g/mol. The van der Waals surface area contributed by atoms with E-state index in [1.165, 1.54) is 4.88 Å². The molecule has 27 heavy (non-hydrogen) atoms. The fraction of sp³-hybridized carbons (Fsp3) is 0.421. The molecule has 6 nitrogen and oxygen atoms in total. The number of anilines is 1. The number of aryl methyl sites for hydroxylation is 1. The van der Waals surface area contributed by atoms with Crippen molar-refractivity contribution in [2.24, 2.45) is 10.9 Å². The topological polar surface area (TPSA) is 78.4 Å². The molecule has 1 aromatic heterocycles. The lowest BCUT2D eigenvalue weighted by Gasteiger charge is -2.24. The maximum Gasteiger partial charge on any atom is 0.227 e. The van der Waals surface area contributed by atoms with Crippen molar-refractivity contribution < 1.29 is 4.79 Å². The molecule has 2 aromatic rings. The normalized spacial score (nSPS) is 14.1. The highest BCUT2D eigenvalue weighted by molar-refractivity contribution is 14.0. The third kappa shape index (κ3) is 6.46. The Kier molecular flexibility index (Phi) is 8.49. The highest BCUT2D eigenvalue weighted by atomic mass is 127. The fourth-order valence-corrected chi connectivity index (χ4v) is 3.45. The Hall–Kier alpha value is -1.68. The van der Waals surface area contributed by atoms with Crippen LogP contribution >= 0.6 is 35.3 Å². The molecule has 1 fully saturated rings. The zero-order valence-electron chi connectivity index (χ0n) is 15.6. The molecule has 1 heterocycles. The second-order valence-electron chi connectivity index (χ2n) is 6.46. The molecule has 3 rings (SSSR count). The minimum Gasteiger partial charge on any atom is -0.352 e. The Morgan fingerprint density at radius 3 is 2.70 bits per heavy atom. The molecule has 0 atom stereocenters. The minimum atomic E-state index is 0. The van der Waals surface area contributed by atoms with Crippen molar-refractivity contribution in [3.8, 4) is 0 Å². The first-order chi connectivity index (χ1) is 12.6. The van der Waals surface area contributed by atoms with Crippen LogP contribution in [0.2, 0.25) is 0 Å². The van der Waals surface area contributed by atoms with E-state index in [4.69, 9.17) is 0 Å². The van der Waals surface area contributed by atoms with Crippen LogP contribution in [-0.4, -0.2) is 23.9 Å². The number of rotatable bonds is 6. The van der Waals surface area contributed by atoms with Crippen LogP contribution in [0.25, 0.3) is 0 Å². The number of nitrogens with zero attached hydrogens (tertiary/aromatic N) is 2. The molecule has 0 spiro atoms.